The largest absolute Gasteiger partial charge is 0.379 e. The molecule has 0 aliphatic carbocycles. The fourth-order valence-electron chi connectivity index (χ4n) is 2.78. The lowest BCUT2D eigenvalue weighted by Gasteiger charge is -2.28. The average molecular weight is 276 g/mol. The molecule has 1 aromatic rings. The summed E-state index contributed by atoms with van der Waals surface area (Å²) in [6.45, 7) is 4.72. The Bertz CT molecular complexity index is 433. The van der Waals surface area contributed by atoms with Crippen LogP contribution < -0.4 is 5.32 Å². The van der Waals surface area contributed by atoms with E-state index in [0.717, 1.165) is 19.4 Å². The molecule has 4 heteroatoms. The van der Waals surface area contributed by atoms with E-state index in [1.165, 1.54) is 5.56 Å². The van der Waals surface area contributed by atoms with Gasteiger partial charge in [-0.3, -0.25) is 0 Å². The van der Waals surface area contributed by atoms with Crippen LogP contribution in [0.1, 0.15) is 25.8 Å². The third kappa shape index (κ3) is 3.51. The summed E-state index contributed by atoms with van der Waals surface area (Å²) in [4.78, 5) is 14.2. The second-order valence-electron chi connectivity index (χ2n) is 5.62. The van der Waals surface area contributed by atoms with Crippen molar-refractivity contribution in [1.82, 2.24) is 10.2 Å². The van der Waals surface area contributed by atoms with Crippen LogP contribution in [-0.4, -0.2) is 42.8 Å². The normalized spacial score (nSPS) is 22.3. The third-order valence-electron chi connectivity index (χ3n) is 3.75. The molecule has 0 aromatic heterocycles. The highest BCUT2D eigenvalue weighted by molar-refractivity contribution is 5.75. The number of carbonyl (C=O) groups is 1. The van der Waals surface area contributed by atoms with E-state index in [2.05, 4.69) is 17.4 Å². The lowest BCUT2D eigenvalue weighted by Crippen LogP contribution is -2.48. The molecule has 2 amide bonds. The fourth-order valence-corrected chi connectivity index (χ4v) is 2.78. The van der Waals surface area contributed by atoms with Crippen molar-refractivity contribution in [3.8, 4) is 0 Å². The zero-order valence-corrected chi connectivity index (χ0v) is 12.5. The molecule has 0 spiro atoms. The Kier molecular flexibility index (Phi) is 5.01. The molecule has 0 bridgehead atoms. The van der Waals surface area contributed by atoms with Crippen LogP contribution in [0.15, 0.2) is 30.3 Å². The topological polar surface area (TPSA) is 41.6 Å². The Morgan fingerprint density at radius 1 is 1.40 bits per heavy atom. The van der Waals surface area contributed by atoms with Gasteiger partial charge in [0.1, 0.15) is 0 Å². The van der Waals surface area contributed by atoms with E-state index in [1.807, 2.05) is 36.9 Å². The predicted molar refractivity (Wildman–Crippen MR) is 79.7 cm³/mol. The Morgan fingerprint density at radius 3 is 2.70 bits per heavy atom. The second kappa shape index (κ2) is 6.75. The van der Waals surface area contributed by atoms with Crippen LogP contribution in [-0.2, 0) is 11.2 Å². The number of nitrogens with one attached hydrogen (secondary N) is 1. The zero-order valence-electron chi connectivity index (χ0n) is 12.5. The molecule has 1 saturated heterocycles. The number of benzene rings is 1. The van der Waals surface area contributed by atoms with Crippen molar-refractivity contribution >= 4 is 6.03 Å². The minimum absolute atomic E-state index is 0.0143. The number of likely N-dealkylation sites (tertiary alicyclic amines) is 1. The van der Waals surface area contributed by atoms with Gasteiger partial charge in [0.05, 0.1) is 12.1 Å². The summed E-state index contributed by atoms with van der Waals surface area (Å²) in [6.07, 6.45) is 1.86. The van der Waals surface area contributed by atoms with Crippen molar-refractivity contribution in [2.45, 2.75) is 44.9 Å². The Morgan fingerprint density at radius 2 is 2.10 bits per heavy atom. The zero-order chi connectivity index (χ0) is 14.5. The maximum absolute atomic E-state index is 12.3. The molecule has 0 saturated carbocycles. The summed E-state index contributed by atoms with van der Waals surface area (Å²) in [5, 5.41) is 2.98. The highest BCUT2D eigenvalue weighted by atomic mass is 16.5. The number of methoxy groups -OCH3 is 1. The highest BCUT2D eigenvalue weighted by Gasteiger charge is 2.37. The van der Waals surface area contributed by atoms with Gasteiger partial charge in [0, 0.05) is 19.7 Å². The van der Waals surface area contributed by atoms with Gasteiger partial charge in [-0.2, -0.15) is 0 Å². The SMILES string of the molecule is CO[C@@H]1CCN(C(=O)NC(C)C)[C@H]1Cc1ccccc1. The maximum atomic E-state index is 12.3. The van der Waals surface area contributed by atoms with Gasteiger partial charge < -0.3 is 15.0 Å². The number of carbonyl (C=O) groups excluding carboxylic acids is 1. The summed E-state index contributed by atoms with van der Waals surface area (Å²) in [5.41, 5.74) is 1.24. The van der Waals surface area contributed by atoms with Crippen LogP contribution in [0.2, 0.25) is 0 Å². The van der Waals surface area contributed by atoms with Crippen molar-refractivity contribution in [3.05, 3.63) is 35.9 Å². The summed E-state index contributed by atoms with van der Waals surface area (Å²) in [7, 11) is 1.73. The number of hydrogen-bond donors (Lipinski definition) is 1. The van der Waals surface area contributed by atoms with Gasteiger partial charge in [-0.25, -0.2) is 4.79 Å². The highest BCUT2D eigenvalue weighted by Crippen LogP contribution is 2.24. The monoisotopic (exact) mass is 276 g/mol. The summed E-state index contributed by atoms with van der Waals surface area (Å²) in [6, 6.07) is 10.6. The first-order valence-corrected chi connectivity index (χ1v) is 7.25. The molecule has 1 aliphatic heterocycles. The smallest absolute Gasteiger partial charge is 0.317 e. The van der Waals surface area contributed by atoms with Gasteiger partial charge in [0.2, 0.25) is 0 Å². The minimum Gasteiger partial charge on any atom is -0.379 e. The van der Waals surface area contributed by atoms with Gasteiger partial charge in [0.25, 0.3) is 0 Å². The lowest BCUT2D eigenvalue weighted by molar-refractivity contribution is 0.0722. The molecule has 2 atom stereocenters. The fraction of sp³-hybridized carbons (Fsp3) is 0.562. The number of urea groups is 1. The van der Waals surface area contributed by atoms with Crippen molar-refractivity contribution < 1.29 is 9.53 Å². The third-order valence-corrected chi connectivity index (χ3v) is 3.75. The summed E-state index contributed by atoms with van der Waals surface area (Å²) < 4.78 is 5.56. The van der Waals surface area contributed by atoms with E-state index in [4.69, 9.17) is 4.74 Å². The molecule has 1 aliphatic rings. The van der Waals surface area contributed by atoms with Gasteiger partial charge in [-0.1, -0.05) is 30.3 Å². The summed E-state index contributed by atoms with van der Waals surface area (Å²) in [5.74, 6) is 0. The predicted octanol–water partition coefficient (Wildman–Crippen LogP) is 2.44. The van der Waals surface area contributed by atoms with Gasteiger partial charge in [-0.15, -0.1) is 0 Å². The Hall–Kier alpha value is -1.55. The van der Waals surface area contributed by atoms with Crippen LogP contribution in [0.3, 0.4) is 0 Å². The molecule has 1 heterocycles. The molecule has 0 radical (unpaired) electrons. The van der Waals surface area contributed by atoms with Crippen LogP contribution >= 0.6 is 0 Å². The standard InChI is InChI=1S/C16H24N2O2/c1-12(2)17-16(19)18-10-9-15(20-3)14(18)11-13-7-5-4-6-8-13/h4-8,12,14-15H,9-11H2,1-3H3,(H,17,19)/t14-,15+/m0/s1. The Balaban J connectivity index is 2.09. The molecular formula is C16H24N2O2. The van der Waals surface area contributed by atoms with E-state index in [9.17, 15) is 4.79 Å². The molecule has 1 N–H and O–H groups in total. The molecule has 110 valence electrons. The number of ether oxygens (including phenoxy) is 1. The van der Waals surface area contributed by atoms with E-state index in [0.29, 0.717) is 0 Å². The molecule has 20 heavy (non-hydrogen) atoms. The minimum atomic E-state index is 0.0143. The molecule has 0 unspecified atom stereocenters. The van der Waals surface area contributed by atoms with Crippen molar-refractivity contribution in [3.63, 3.8) is 0 Å². The second-order valence-corrected chi connectivity index (χ2v) is 5.62. The lowest BCUT2D eigenvalue weighted by atomic mass is 10.0. The van der Waals surface area contributed by atoms with E-state index >= 15 is 0 Å². The van der Waals surface area contributed by atoms with E-state index < -0.39 is 0 Å². The first-order chi connectivity index (χ1) is 9.61. The first-order valence-electron chi connectivity index (χ1n) is 7.25. The van der Waals surface area contributed by atoms with Gasteiger partial charge >= 0.3 is 6.03 Å². The van der Waals surface area contributed by atoms with Crippen LogP contribution in [0, 0.1) is 0 Å². The van der Waals surface area contributed by atoms with Crippen LogP contribution in [0.25, 0.3) is 0 Å². The van der Waals surface area contributed by atoms with E-state index in [-0.39, 0.29) is 24.2 Å². The first kappa shape index (κ1) is 14.9. The van der Waals surface area contributed by atoms with Crippen LogP contribution in [0.5, 0.6) is 0 Å². The van der Waals surface area contributed by atoms with E-state index in [1.54, 1.807) is 7.11 Å². The molecule has 1 fully saturated rings. The maximum Gasteiger partial charge on any atom is 0.317 e. The average Bonchev–Trinajstić information content (AvgIpc) is 2.82. The van der Waals surface area contributed by atoms with Crippen molar-refractivity contribution in [1.29, 1.82) is 0 Å². The number of hydrogen-bond acceptors (Lipinski definition) is 2. The number of nitrogens with zero attached hydrogens (tertiary/aromatic N) is 1. The Labute approximate surface area is 121 Å². The molecule has 2 rings (SSSR count). The number of amides is 2. The summed E-state index contributed by atoms with van der Waals surface area (Å²) >= 11 is 0. The molecular weight excluding hydrogens is 252 g/mol. The van der Waals surface area contributed by atoms with Crippen molar-refractivity contribution in [2.24, 2.45) is 0 Å². The van der Waals surface area contributed by atoms with Crippen molar-refractivity contribution in [2.75, 3.05) is 13.7 Å². The quantitative estimate of drug-likeness (QED) is 0.917. The number of rotatable bonds is 4. The van der Waals surface area contributed by atoms with Gasteiger partial charge in [0.15, 0.2) is 0 Å². The van der Waals surface area contributed by atoms with Crippen LogP contribution in [0.4, 0.5) is 4.79 Å². The van der Waals surface area contributed by atoms with Gasteiger partial charge in [-0.05, 0) is 32.3 Å². The molecule has 1 aromatic carbocycles. The molecule has 4 nitrogen and oxygen atoms in total.